The van der Waals surface area contributed by atoms with Crippen LogP contribution >= 0.6 is 11.8 Å². The van der Waals surface area contributed by atoms with Crippen molar-refractivity contribution in [3.05, 3.63) is 83.4 Å². The van der Waals surface area contributed by atoms with Crippen LogP contribution in [-0.4, -0.2) is 36.8 Å². The van der Waals surface area contributed by atoms with Crippen molar-refractivity contribution >= 4 is 50.2 Å². The highest BCUT2D eigenvalue weighted by Gasteiger charge is 2.57. The van der Waals surface area contributed by atoms with Gasteiger partial charge in [0.15, 0.2) is 0 Å². The lowest BCUT2D eigenvalue weighted by molar-refractivity contribution is -0.120. The standard InChI is InChI=1S/C30H29N3O6S2/c1-20-11-13-23(14-12-20)31-28(35)32-26-10-7-9-22(21(26)2)8-5-4-6-19-30(27(34)33-29(36)40-30)41(37,38)25-17-15-24(39-3)16-18-25/h7,9-18H,4,6,19H2,1-3H3,(H2,31,32,35)(H,33,34,36). The maximum atomic E-state index is 13.5. The van der Waals surface area contributed by atoms with Gasteiger partial charge in [-0.3, -0.25) is 14.9 Å². The van der Waals surface area contributed by atoms with E-state index in [1.54, 1.807) is 12.1 Å². The van der Waals surface area contributed by atoms with E-state index in [0.717, 1.165) is 11.1 Å². The molecule has 1 fully saturated rings. The number of unbranched alkanes of at least 4 members (excludes halogenated alkanes) is 1. The summed E-state index contributed by atoms with van der Waals surface area (Å²) in [5.74, 6) is 5.71. The van der Waals surface area contributed by atoms with Gasteiger partial charge in [0.2, 0.25) is 13.9 Å². The Bertz CT molecular complexity index is 1640. The van der Waals surface area contributed by atoms with Gasteiger partial charge in [-0.25, -0.2) is 13.2 Å². The number of nitrogens with one attached hydrogen (secondary N) is 3. The molecule has 0 saturated carbocycles. The molecule has 1 atom stereocenters. The van der Waals surface area contributed by atoms with Crippen LogP contribution < -0.4 is 20.7 Å². The van der Waals surface area contributed by atoms with Crippen molar-refractivity contribution in [3.63, 3.8) is 0 Å². The summed E-state index contributed by atoms with van der Waals surface area (Å²) in [5, 5.41) is 7.05. The average Bonchev–Trinajstić information content (AvgIpc) is 3.25. The van der Waals surface area contributed by atoms with Crippen molar-refractivity contribution in [2.24, 2.45) is 0 Å². The van der Waals surface area contributed by atoms with E-state index < -0.39 is 25.1 Å². The van der Waals surface area contributed by atoms with Crippen molar-refractivity contribution in [2.45, 2.75) is 42.1 Å². The number of rotatable bonds is 8. The van der Waals surface area contributed by atoms with Crippen LogP contribution in [0.15, 0.2) is 71.6 Å². The molecule has 212 valence electrons. The Morgan fingerprint density at radius 3 is 2.34 bits per heavy atom. The molecule has 1 aliphatic heterocycles. The number of methoxy groups -OCH3 is 1. The zero-order valence-electron chi connectivity index (χ0n) is 22.7. The second-order valence-corrected chi connectivity index (χ2v) is 13.1. The first-order valence-corrected chi connectivity index (χ1v) is 15.0. The molecule has 1 unspecified atom stereocenters. The lowest BCUT2D eigenvalue weighted by atomic mass is 10.1. The van der Waals surface area contributed by atoms with Crippen molar-refractivity contribution < 1.29 is 27.5 Å². The van der Waals surface area contributed by atoms with Crippen molar-refractivity contribution in [1.82, 2.24) is 5.32 Å². The lowest BCUT2D eigenvalue weighted by Crippen LogP contribution is -2.43. The molecule has 0 spiro atoms. The van der Waals surface area contributed by atoms with Gasteiger partial charge < -0.3 is 15.4 Å². The first kappa shape index (κ1) is 29.7. The number of hydrogen-bond donors (Lipinski definition) is 3. The van der Waals surface area contributed by atoms with Gasteiger partial charge in [0, 0.05) is 23.4 Å². The molecule has 0 aliphatic carbocycles. The summed E-state index contributed by atoms with van der Waals surface area (Å²) in [6.07, 6.45) is 0.441. The topological polar surface area (TPSA) is 131 Å². The summed E-state index contributed by atoms with van der Waals surface area (Å²) < 4.78 is 30.2. The largest absolute Gasteiger partial charge is 0.497 e. The van der Waals surface area contributed by atoms with E-state index in [0.29, 0.717) is 34.4 Å². The molecule has 1 heterocycles. The molecule has 11 heteroatoms. The summed E-state index contributed by atoms with van der Waals surface area (Å²) in [6, 6.07) is 18.1. The predicted molar refractivity (Wildman–Crippen MR) is 160 cm³/mol. The van der Waals surface area contributed by atoms with E-state index >= 15 is 0 Å². The zero-order chi connectivity index (χ0) is 29.6. The maximum Gasteiger partial charge on any atom is 0.323 e. The van der Waals surface area contributed by atoms with E-state index in [1.165, 1.54) is 31.4 Å². The van der Waals surface area contributed by atoms with E-state index in [2.05, 4.69) is 27.8 Å². The maximum absolute atomic E-state index is 13.5. The number of carbonyl (C=O) groups is 3. The third kappa shape index (κ3) is 6.56. The second kappa shape index (κ2) is 12.5. The lowest BCUT2D eigenvalue weighted by Gasteiger charge is -2.24. The number of anilines is 2. The first-order valence-electron chi connectivity index (χ1n) is 12.7. The quantitative estimate of drug-likeness (QED) is 0.229. The van der Waals surface area contributed by atoms with Gasteiger partial charge in [-0.05, 0) is 92.5 Å². The summed E-state index contributed by atoms with van der Waals surface area (Å²) in [5.41, 5.74) is 3.83. The van der Waals surface area contributed by atoms with Crippen molar-refractivity contribution in [2.75, 3.05) is 17.7 Å². The first-order chi connectivity index (χ1) is 19.6. The van der Waals surface area contributed by atoms with E-state index in [4.69, 9.17) is 4.74 Å². The van der Waals surface area contributed by atoms with Crippen LogP contribution in [0.3, 0.4) is 0 Å². The Kier molecular flexibility index (Phi) is 9.05. The van der Waals surface area contributed by atoms with E-state index in [-0.39, 0.29) is 30.2 Å². The molecule has 3 aromatic carbocycles. The highest BCUT2D eigenvalue weighted by molar-refractivity contribution is 8.25. The summed E-state index contributed by atoms with van der Waals surface area (Å²) in [4.78, 5) is 37.3. The molecule has 1 saturated heterocycles. The fourth-order valence-electron chi connectivity index (χ4n) is 4.23. The monoisotopic (exact) mass is 591 g/mol. The smallest absolute Gasteiger partial charge is 0.323 e. The predicted octanol–water partition coefficient (Wildman–Crippen LogP) is 5.63. The third-order valence-electron chi connectivity index (χ3n) is 6.55. The van der Waals surface area contributed by atoms with Gasteiger partial charge in [-0.2, -0.15) is 0 Å². The Balaban J connectivity index is 1.43. The van der Waals surface area contributed by atoms with Crippen LogP contribution in [0.25, 0.3) is 0 Å². The highest BCUT2D eigenvalue weighted by Crippen LogP contribution is 2.44. The van der Waals surface area contributed by atoms with Crippen molar-refractivity contribution in [3.8, 4) is 17.6 Å². The number of ether oxygens (including phenoxy) is 1. The molecule has 3 N–H and O–H groups in total. The number of aryl methyl sites for hydroxylation is 1. The Morgan fingerprint density at radius 1 is 1.00 bits per heavy atom. The Labute approximate surface area is 243 Å². The molecule has 4 amide bonds. The number of amides is 4. The van der Waals surface area contributed by atoms with Gasteiger partial charge in [0.05, 0.1) is 12.0 Å². The summed E-state index contributed by atoms with van der Waals surface area (Å²) >= 11 is 0.485. The number of urea groups is 1. The molecule has 9 nitrogen and oxygen atoms in total. The number of benzene rings is 3. The van der Waals surface area contributed by atoms with E-state index in [9.17, 15) is 22.8 Å². The van der Waals surface area contributed by atoms with Gasteiger partial charge in [0.25, 0.3) is 11.1 Å². The van der Waals surface area contributed by atoms with Gasteiger partial charge in [0.1, 0.15) is 5.75 Å². The molecule has 1 aliphatic rings. The Hall–Kier alpha value is -4.27. The number of carbonyl (C=O) groups excluding carboxylic acids is 3. The summed E-state index contributed by atoms with van der Waals surface area (Å²) in [7, 11) is -2.75. The van der Waals surface area contributed by atoms with Crippen LogP contribution in [0, 0.1) is 25.7 Å². The molecular weight excluding hydrogens is 562 g/mol. The Morgan fingerprint density at radius 2 is 1.71 bits per heavy atom. The number of hydrogen-bond acceptors (Lipinski definition) is 7. The molecular formula is C30H29N3O6S2. The van der Waals surface area contributed by atoms with Crippen LogP contribution in [0.5, 0.6) is 5.75 Å². The average molecular weight is 592 g/mol. The number of thioether (sulfide) groups is 1. The number of sulfone groups is 1. The molecule has 41 heavy (non-hydrogen) atoms. The highest BCUT2D eigenvalue weighted by atomic mass is 32.3. The summed E-state index contributed by atoms with van der Waals surface area (Å²) in [6.45, 7) is 3.81. The van der Waals surface area contributed by atoms with Crippen LogP contribution in [0.4, 0.5) is 21.0 Å². The van der Waals surface area contributed by atoms with Crippen molar-refractivity contribution in [1.29, 1.82) is 0 Å². The van der Waals surface area contributed by atoms with Gasteiger partial charge >= 0.3 is 6.03 Å². The molecule has 0 bridgehead atoms. The van der Waals surface area contributed by atoms with Crippen LogP contribution in [0.1, 0.15) is 36.0 Å². The van der Waals surface area contributed by atoms with Gasteiger partial charge in [-0.1, -0.05) is 35.6 Å². The van der Waals surface area contributed by atoms with E-state index in [1.807, 2.05) is 44.2 Å². The van der Waals surface area contributed by atoms with Crippen LogP contribution in [0.2, 0.25) is 0 Å². The number of imide groups is 1. The molecule has 3 aromatic rings. The SMILES string of the molecule is COc1ccc(S(=O)(=O)C2(CCCC#Cc3cccc(NC(=O)Nc4ccc(C)cc4)c3C)SC(=O)NC2=O)cc1. The third-order valence-corrected chi connectivity index (χ3v) is 10.6. The fraction of sp³-hybridized carbons (Fsp3) is 0.233. The minimum atomic E-state index is -4.22. The fourth-order valence-corrected chi connectivity index (χ4v) is 7.60. The molecule has 4 rings (SSSR count). The second-order valence-electron chi connectivity index (χ2n) is 9.35. The zero-order valence-corrected chi connectivity index (χ0v) is 24.4. The van der Waals surface area contributed by atoms with Crippen LogP contribution in [-0.2, 0) is 14.6 Å². The normalized spacial score (nSPS) is 16.4. The molecule has 0 radical (unpaired) electrons. The minimum absolute atomic E-state index is 0.0758. The van der Waals surface area contributed by atoms with Gasteiger partial charge in [-0.15, -0.1) is 0 Å². The molecule has 0 aromatic heterocycles. The minimum Gasteiger partial charge on any atom is -0.497 e.